The van der Waals surface area contributed by atoms with Crippen molar-refractivity contribution in [3.63, 3.8) is 0 Å². The molecule has 1 aromatic carbocycles. The van der Waals surface area contributed by atoms with Crippen LogP contribution < -0.4 is 10.1 Å². The van der Waals surface area contributed by atoms with E-state index in [4.69, 9.17) is 25.8 Å². The number of nitrogens with one attached hydrogen (secondary N) is 2. The van der Waals surface area contributed by atoms with Crippen molar-refractivity contribution < 1.29 is 19.3 Å². The van der Waals surface area contributed by atoms with Crippen LogP contribution in [-0.4, -0.2) is 76.6 Å². The Morgan fingerprint density at radius 1 is 1.06 bits per heavy atom. The molecule has 3 aliphatic heterocycles. The number of benzene rings is 1. The highest BCUT2D eigenvalue weighted by atomic mass is 35.5. The minimum atomic E-state index is -0.625. The van der Waals surface area contributed by atoms with Gasteiger partial charge >= 0.3 is 0 Å². The number of aliphatic imine (C=N–C) groups is 1. The predicted molar refractivity (Wildman–Crippen MR) is 114 cm³/mol. The van der Waals surface area contributed by atoms with E-state index in [0.717, 1.165) is 30.1 Å². The number of hydrogen-bond donors (Lipinski definition) is 3. The lowest BCUT2D eigenvalue weighted by molar-refractivity contribution is 0.00706. The Labute approximate surface area is 182 Å². The third-order valence-electron chi connectivity index (χ3n) is 5.76. The molecule has 10 heteroatoms. The third-order valence-corrected chi connectivity index (χ3v) is 6.04. The van der Waals surface area contributed by atoms with Crippen molar-refractivity contribution in [1.82, 2.24) is 20.3 Å². The first-order valence-electron chi connectivity index (χ1n) is 10.2. The molecule has 6 rings (SSSR count). The van der Waals surface area contributed by atoms with Gasteiger partial charge in [0, 0.05) is 17.7 Å². The number of amidine groups is 1. The lowest BCUT2D eigenvalue weighted by Gasteiger charge is -2.15. The van der Waals surface area contributed by atoms with Crippen LogP contribution in [0.5, 0.6) is 6.01 Å². The van der Waals surface area contributed by atoms with E-state index in [1.807, 2.05) is 24.3 Å². The van der Waals surface area contributed by atoms with Crippen LogP contribution in [-0.2, 0) is 9.47 Å². The number of nitrogens with zero attached hydrogens (tertiary/aromatic N) is 3. The summed E-state index contributed by atoms with van der Waals surface area (Å²) in [7, 11) is 0. The maximum Gasteiger partial charge on any atom is 0.296 e. The first-order valence-corrected chi connectivity index (χ1v) is 10.6. The summed E-state index contributed by atoms with van der Waals surface area (Å²) in [5.41, 5.74) is 3.74. The summed E-state index contributed by atoms with van der Waals surface area (Å²) in [6.45, 7) is 2.24. The number of pyridine rings is 1. The van der Waals surface area contributed by atoms with Gasteiger partial charge in [0.15, 0.2) is 11.8 Å². The van der Waals surface area contributed by atoms with Crippen LogP contribution in [0.15, 0.2) is 35.3 Å². The molecule has 4 atom stereocenters. The molecule has 0 spiro atoms. The molecule has 160 valence electrons. The van der Waals surface area contributed by atoms with E-state index in [1.165, 1.54) is 0 Å². The fourth-order valence-electron chi connectivity index (χ4n) is 4.22. The van der Waals surface area contributed by atoms with Crippen LogP contribution in [0.3, 0.4) is 0 Å². The van der Waals surface area contributed by atoms with Gasteiger partial charge in [0.2, 0.25) is 0 Å². The van der Waals surface area contributed by atoms with Gasteiger partial charge in [0.1, 0.15) is 24.1 Å². The lowest BCUT2D eigenvalue weighted by atomic mass is 10.1. The maximum absolute atomic E-state index is 9.88. The Hall–Kier alpha value is -2.72. The van der Waals surface area contributed by atoms with E-state index in [9.17, 15) is 5.11 Å². The Morgan fingerprint density at radius 2 is 1.87 bits per heavy atom. The third kappa shape index (κ3) is 3.34. The summed E-state index contributed by atoms with van der Waals surface area (Å²) < 4.78 is 17.1. The van der Waals surface area contributed by atoms with Gasteiger partial charge < -0.3 is 29.6 Å². The Kier molecular flexibility index (Phi) is 4.57. The summed E-state index contributed by atoms with van der Waals surface area (Å²) in [5.74, 6) is 0.909. The first kappa shape index (κ1) is 19.0. The second kappa shape index (κ2) is 7.45. The largest absolute Gasteiger partial charge is 0.456 e. The number of aliphatic hydroxyl groups is 1. The Bertz CT molecular complexity index is 1160. The van der Waals surface area contributed by atoms with Crippen LogP contribution in [0.1, 0.15) is 5.56 Å². The zero-order valence-electron chi connectivity index (χ0n) is 16.4. The van der Waals surface area contributed by atoms with Gasteiger partial charge in [0.25, 0.3) is 6.01 Å². The first-order chi connectivity index (χ1) is 15.2. The summed E-state index contributed by atoms with van der Waals surface area (Å²) in [5, 5.41) is 13.7. The molecule has 2 saturated heterocycles. The van der Waals surface area contributed by atoms with Crippen molar-refractivity contribution in [3.05, 3.63) is 40.9 Å². The van der Waals surface area contributed by atoms with Gasteiger partial charge in [-0.1, -0.05) is 35.9 Å². The van der Waals surface area contributed by atoms with Gasteiger partial charge in [-0.05, 0) is 6.07 Å². The van der Waals surface area contributed by atoms with Crippen LogP contribution in [0.4, 0.5) is 0 Å². The Balaban J connectivity index is 1.25. The summed E-state index contributed by atoms with van der Waals surface area (Å²) in [6, 6.07) is 10.1. The van der Waals surface area contributed by atoms with E-state index in [2.05, 4.69) is 25.3 Å². The van der Waals surface area contributed by atoms with E-state index >= 15 is 0 Å². The van der Waals surface area contributed by atoms with Crippen molar-refractivity contribution in [2.75, 3.05) is 26.3 Å². The number of halogens is 1. The molecule has 0 amide bonds. The van der Waals surface area contributed by atoms with E-state index in [-0.39, 0.29) is 24.9 Å². The Morgan fingerprint density at radius 3 is 2.68 bits per heavy atom. The van der Waals surface area contributed by atoms with Crippen LogP contribution >= 0.6 is 11.6 Å². The van der Waals surface area contributed by atoms with Gasteiger partial charge in [-0.3, -0.25) is 4.99 Å². The molecule has 31 heavy (non-hydrogen) atoms. The fourth-order valence-corrected chi connectivity index (χ4v) is 4.48. The number of hydrogen-bond acceptors (Lipinski definition) is 8. The van der Waals surface area contributed by atoms with E-state index in [0.29, 0.717) is 34.5 Å². The van der Waals surface area contributed by atoms with Crippen LogP contribution in [0, 0.1) is 0 Å². The number of fused-ring (bicyclic) bond motifs is 2. The standard InChI is InChI=1S/C21H20ClN5O4/c22-12-7-13-20(26-16(12)10-1-3-11(4-2-10)19-23-5-6-24-19)27-21(25-13)31-15-9-30-17-14(28)8-29-18(15)17/h1-4,7,14-15,17-18,28H,5-6,8-9H2,(H,23,24)(H,25,26,27)/t14-,15-,17-,18-/m1/s1. The number of aromatic nitrogens is 3. The van der Waals surface area contributed by atoms with Crippen molar-refractivity contribution in [1.29, 1.82) is 0 Å². The van der Waals surface area contributed by atoms with Gasteiger partial charge in [-0.2, -0.15) is 4.98 Å². The van der Waals surface area contributed by atoms with Gasteiger partial charge in [-0.25, -0.2) is 4.98 Å². The van der Waals surface area contributed by atoms with Crippen molar-refractivity contribution >= 4 is 28.6 Å². The minimum absolute atomic E-state index is 0.248. The molecule has 0 radical (unpaired) electrons. The van der Waals surface area contributed by atoms with Crippen LogP contribution in [0.25, 0.3) is 22.4 Å². The monoisotopic (exact) mass is 441 g/mol. The number of rotatable bonds is 4. The van der Waals surface area contributed by atoms with Crippen molar-refractivity contribution in [2.24, 2.45) is 4.99 Å². The SMILES string of the molecule is O[C@@H]1CO[C@H]2[C@@H]1OC[C@H]2Oc1nc2nc(-c3ccc(C4=NCCN4)cc3)c(Cl)cc2[nH]1. The average molecular weight is 442 g/mol. The van der Waals surface area contributed by atoms with Crippen molar-refractivity contribution in [2.45, 2.75) is 24.4 Å². The molecular formula is C21H20ClN5O4. The van der Waals surface area contributed by atoms with Gasteiger partial charge in [-0.15, -0.1) is 0 Å². The average Bonchev–Trinajstić information content (AvgIpc) is 3.55. The normalized spacial score (nSPS) is 27.4. The molecule has 0 unspecified atom stereocenters. The fraction of sp³-hybridized carbons (Fsp3) is 0.381. The van der Waals surface area contributed by atoms with Gasteiger partial charge in [0.05, 0.1) is 36.0 Å². The number of aliphatic hydroxyl groups excluding tert-OH is 1. The molecule has 3 aliphatic rings. The molecular weight excluding hydrogens is 422 g/mol. The quantitative estimate of drug-likeness (QED) is 0.562. The number of H-pyrrole nitrogens is 1. The predicted octanol–water partition coefficient (Wildman–Crippen LogP) is 1.53. The maximum atomic E-state index is 9.88. The smallest absolute Gasteiger partial charge is 0.296 e. The number of imidazole rings is 1. The summed E-state index contributed by atoms with van der Waals surface area (Å²) >= 11 is 6.52. The second-order valence-electron chi connectivity index (χ2n) is 7.79. The molecule has 0 saturated carbocycles. The van der Waals surface area contributed by atoms with Crippen molar-refractivity contribution in [3.8, 4) is 17.3 Å². The summed E-state index contributed by atoms with van der Waals surface area (Å²) in [6.07, 6.45) is -1.65. The van der Waals surface area contributed by atoms with E-state index in [1.54, 1.807) is 6.07 Å². The molecule has 5 heterocycles. The molecule has 9 nitrogen and oxygen atoms in total. The highest BCUT2D eigenvalue weighted by Crippen LogP contribution is 2.32. The summed E-state index contributed by atoms with van der Waals surface area (Å²) in [4.78, 5) is 16.7. The number of aromatic amines is 1. The zero-order chi connectivity index (χ0) is 20.9. The lowest BCUT2D eigenvalue weighted by Crippen LogP contribution is -2.34. The zero-order valence-corrected chi connectivity index (χ0v) is 17.2. The molecule has 0 bridgehead atoms. The molecule has 3 N–H and O–H groups in total. The molecule has 0 aliphatic carbocycles. The molecule has 2 aromatic heterocycles. The highest BCUT2D eigenvalue weighted by Gasteiger charge is 2.48. The highest BCUT2D eigenvalue weighted by molar-refractivity contribution is 6.33. The van der Waals surface area contributed by atoms with Crippen LogP contribution in [0.2, 0.25) is 5.02 Å². The topological polar surface area (TPSA) is 114 Å². The number of ether oxygens (including phenoxy) is 3. The second-order valence-corrected chi connectivity index (χ2v) is 8.19. The molecule has 3 aromatic rings. The minimum Gasteiger partial charge on any atom is -0.456 e. The molecule has 2 fully saturated rings. The van der Waals surface area contributed by atoms with E-state index < -0.39 is 6.10 Å².